The molecule has 25 heavy (non-hydrogen) atoms. The van der Waals surface area contributed by atoms with Gasteiger partial charge < -0.3 is 14.7 Å². The monoisotopic (exact) mass is 345 g/mol. The van der Waals surface area contributed by atoms with Crippen molar-refractivity contribution in [1.82, 2.24) is 15.4 Å². The minimum atomic E-state index is -0.383. The molecule has 3 rings (SSSR count). The average Bonchev–Trinajstić information content (AvgIpc) is 3.14. The first kappa shape index (κ1) is 17.1. The summed E-state index contributed by atoms with van der Waals surface area (Å²) >= 11 is 0. The number of hydrogen-bond acceptors (Lipinski definition) is 4. The molecule has 0 saturated carbocycles. The molecule has 0 spiro atoms. The van der Waals surface area contributed by atoms with Gasteiger partial charge in [-0.05, 0) is 37.0 Å². The third kappa shape index (κ3) is 4.43. The van der Waals surface area contributed by atoms with Crippen molar-refractivity contribution in [2.45, 2.75) is 31.7 Å². The van der Waals surface area contributed by atoms with Crippen molar-refractivity contribution in [1.29, 1.82) is 0 Å². The second-order valence-electron chi connectivity index (χ2n) is 6.12. The zero-order valence-corrected chi connectivity index (χ0v) is 13.8. The molecule has 2 aromatic rings. The predicted octanol–water partition coefficient (Wildman–Crippen LogP) is 2.17. The molecular weight excluding hydrogens is 325 g/mol. The molecule has 1 saturated heterocycles. The minimum Gasteiger partial charge on any atom is -0.351 e. The number of benzene rings is 1. The Balaban J connectivity index is 1.71. The molecule has 2 amide bonds. The van der Waals surface area contributed by atoms with Crippen LogP contribution in [-0.2, 0) is 11.2 Å². The summed E-state index contributed by atoms with van der Waals surface area (Å²) in [5, 5.41) is 6.29. The van der Waals surface area contributed by atoms with E-state index in [4.69, 9.17) is 4.52 Å². The fraction of sp³-hybridized carbons (Fsp3) is 0.389. The number of piperidine rings is 1. The van der Waals surface area contributed by atoms with E-state index < -0.39 is 0 Å². The van der Waals surface area contributed by atoms with Gasteiger partial charge in [-0.2, -0.15) is 0 Å². The quantitative estimate of drug-likeness (QED) is 0.871. The molecule has 0 radical (unpaired) electrons. The van der Waals surface area contributed by atoms with Crippen LogP contribution in [0.3, 0.4) is 0 Å². The van der Waals surface area contributed by atoms with Crippen molar-refractivity contribution < 1.29 is 18.5 Å². The number of aromatic nitrogens is 1. The summed E-state index contributed by atoms with van der Waals surface area (Å²) in [4.78, 5) is 26.1. The molecule has 1 aromatic carbocycles. The van der Waals surface area contributed by atoms with Gasteiger partial charge in [0, 0.05) is 25.6 Å². The molecule has 0 bridgehead atoms. The molecule has 1 atom stereocenters. The number of rotatable bonds is 6. The SMILES string of the molecule is O=C(NC[C@@H](Cc1cccc(F)c1)N1CCCCC1=O)c1ccno1. The van der Waals surface area contributed by atoms with E-state index in [0.29, 0.717) is 19.4 Å². The number of nitrogens with zero attached hydrogens (tertiary/aromatic N) is 2. The van der Waals surface area contributed by atoms with Gasteiger partial charge in [-0.25, -0.2) is 4.39 Å². The molecule has 1 fully saturated rings. The smallest absolute Gasteiger partial charge is 0.289 e. The van der Waals surface area contributed by atoms with Crippen LogP contribution < -0.4 is 5.32 Å². The van der Waals surface area contributed by atoms with E-state index >= 15 is 0 Å². The summed E-state index contributed by atoms with van der Waals surface area (Å²) < 4.78 is 18.3. The molecule has 0 unspecified atom stereocenters. The Bertz CT molecular complexity index is 733. The molecule has 2 heterocycles. The molecule has 1 N–H and O–H groups in total. The summed E-state index contributed by atoms with van der Waals surface area (Å²) in [6.07, 6.45) is 4.19. The van der Waals surface area contributed by atoms with E-state index in [0.717, 1.165) is 18.4 Å². The highest BCUT2D eigenvalue weighted by atomic mass is 19.1. The molecular formula is C18H20FN3O3. The van der Waals surface area contributed by atoms with Crippen molar-refractivity contribution >= 4 is 11.8 Å². The van der Waals surface area contributed by atoms with E-state index in [-0.39, 0.29) is 36.0 Å². The van der Waals surface area contributed by atoms with Gasteiger partial charge in [0.15, 0.2) is 0 Å². The van der Waals surface area contributed by atoms with Gasteiger partial charge in [-0.15, -0.1) is 0 Å². The van der Waals surface area contributed by atoms with Crippen molar-refractivity contribution in [3.63, 3.8) is 0 Å². The van der Waals surface area contributed by atoms with Gasteiger partial charge in [0.2, 0.25) is 11.7 Å². The maximum atomic E-state index is 13.5. The highest BCUT2D eigenvalue weighted by molar-refractivity contribution is 5.91. The van der Waals surface area contributed by atoms with E-state index in [1.807, 2.05) is 6.07 Å². The van der Waals surface area contributed by atoms with Crippen LogP contribution in [0.2, 0.25) is 0 Å². The van der Waals surface area contributed by atoms with Gasteiger partial charge in [0.1, 0.15) is 5.82 Å². The van der Waals surface area contributed by atoms with Crippen LogP contribution in [-0.4, -0.2) is 41.0 Å². The molecule has 1 aliphatic heterocycles. The van der Waals surface area contributed by atoms with Gasteiger partial charge in [0.05, 0.1) is 12.2 Å². The fourth-order valence-corrected chi connectivity index (χ4v) is 3.07. The van der Waals surface area contributed by atoms with E-state index in [2.05, 4.69) is 10.5 Å². The Kier molecular flexibility index (Phi) is 5.42. The molecule has 6 nitrogen and oxygen atoms in total. The topological polar surface area (TPSA) is 75.4 Å². The molecule has 1 aromatic heterocycles. The lowest BCUT2D eigenvalue weighted by Gasteiger charge is -2.35. The van der Waals surface area contributed by atoms with Crippen LogP contribution in [0.25, 0.3) is 0 Å². The predicted molar refractivity (Wildman–Crippen MR) is 88.3 cm³/mol. The zero-order valence-electron chi connectivity index (χ0n) is 13.8. The molecule has 7 heteroatoms. The van der Waals surface area contributed by atoms with Crippen LogP contribution in [0.5, 0.6) is 0 Å². The van der Waals surface area contributed by atoms with Crippen LogP contribution in [0.15, 0.2) is 41.1 Å². The van der Waals surface area contributed by atoms with Crippen molar-refractivity contribution in [2.75, 3.05) is 13.1 Å². The van der Waals surface area contributed by atoms with Crippen LogP contribution >= 0.6 is 0 Å². The Labute approximate surface area is 145 Å². The number of carbonyl (C=O) groups is 2. The van der Waals surface area contributed by atoms with Crippen LogP contribution in [0.1, 0.15) is 35.4 Å². The molecule has 132 valence electrons. The number of halogens is 1. The fourth-order valence-electron chi connectivity index (χ4n) is 3.07. The number of hydrogen-bond donors (Lipinski definition) is 1. The Morgan fingerprint density at radius 3 is 2.96 bits per heavy atom. The summed E-state index contributed by atoms with van der Waals surface area (Å²) in [5.74, 6) is -0.505. The van der Waals surface area contributed by atoms with Crippen molar-refractivity contribution in [2.24, 2.45) is 0 Å². The van der Waals surface area contributed by atoms with Crippen LogP contribution in [0.4, 0.5) is 4.39 Å². The number of likely N-dealkylation sites (tertiary alicyclic amines) is 1. The average molecular weight is 345 g/mol. The number of nitrogens with one attached hydrogen (secondary N) is 1. The third-order valence-corrected chi connectivity index (χ3v) is 4.32. The molecule has 1 aliphatic rings. The molecule has 0 aliphatic carbocycles. The van der Waals surface area contributed by atoms with E-state index in [9.17, 15) is 14.0 Å². The maximum absolute atomic E-state index is 13.5. The zero-order chi connectivity index (χ0) is 17.6. The normalized spacial score (nSPS) is 15.9. The van der Waals surface area contributed by atoms with Crippen molar-refractivity contribution in [3.05, 3.63) is 53.7 Å². The summed E-state index contributed by atoms with van der Waals surface area (Å²) in [6, 6.07) is 7.55. The largest absolute Gasteiger partial charge is 0.351 e. The second-order valence-corrected chi connectivity index (χ2v) is 6.12. The third-order valence-electron chi connectivity index (χ3n) is 4.32. The highest BCUT2D eigenvalue weighted by Gasteiger charge is 2.27. The Morgan fingerprint density at radius 1 is 1.36 bits per heavy atom. The highest BCUT2D eigenvalue weighted by Crippen LogP contribution is 2.17. The van der Waals surface area contributed by atoms with Gasteiger partial charge in [-0.1, -0.05) is 17.3 Å². The maximum Gasteiger partial charge on any atom is 0.289 e. The standard InChI is InChI=1S/C18H20FN3O3/c19-14-5-3-4-13(10-14)11-15(22-9-2-1-6-17(22)23)12-20-18(24)16-7-8-21-25-16/h3-5,7-8,10,15H,1-2,6,9,11-12H2,(H,20,24)/t15-/m1/s1. The minimum absolute atomic E-state index is 0.0709. The lowest BCUT2D eigenvalue weighted by Crippen LogP contribution is -2.49. The summed E-state index contributed by atoms with van der Waals surface area (Å²) in [7, 11) is 0. The van der Waals surface area contributed by atoms with E-state index in [1.165, 1.54) is 24.4 Å². The summed E-state index contributed by atoms with van der Waals surface area (Å²) in [5.41, 5.74) is 0.789. The van der Waals surface area contributed by atoms with Crippen molar-refractivity contribution in [3.8, 4) is 0 Å². The van der Waals surface area contributed by atoms with E-state index in [1.54, 1.807) is 11.0 Å². The van der Waals surface area contributed by atoms with Gasteiger partial charge in [-0.3, -0.25) is 9.59 Å². The summed E-state index contributed by atoms with van der Waals surface area (Å²) in [6.45, 7) is 0.915. The first-order chi connectivity index (χ1) is 12.1. The first-order valence-corrected chi connectivity index (χ1v) is 8.36. The Hall–Kier alpha value is -2.70. The second kappa shape index (κ2) is 7.92. The lowest BCUT2D eigenvalue weighted by molar-refractivity contribution is -0.135. The first-order valence-electron chi connectivity index (χ1n) is 8.36. The van der Waals surface area contributed by atoms with Gasteiger partial charge >= 0.3 is 0 Å². The number of carbonyl (C=O) groups excluding carboxylic acids is 2. The Morgan fingerprint density at radius 2 is 2.24 bits per heavy atom. The van der Waals surface area contributed by atoms with Crippen LogP contribution in [0, 0.1) is 5.82 Å². The number of amides is 2. The lowest BCUT2D eigenvalue weighted by atomic mass is 10.0. The van der Waals surface area contributed by atoms with Gasteiger partial charge in [0.25, 0.3) is 5.91 Å².